The minimum Gasteiger partial charge on any atom is -0.294 e. The maximum Gasteiger partial charge on any atom is 0.169 e. The molecule has 42 heavy (non-hydrogen) atoms. The summed E-state index contributed by atoms with van der Waals surface area (Å²) < 4.78 is 0. The van der Waals surface area contributed by atoms with Crippen LogP contribution in [-0.2, 0) is 38.4 Å². The molecule has 0 spiro atoms. The lowest BCUT2D eigenvalue weighted by Gasteiger charge is -2.27. The van der Waals surface area contributed by atoms with E-state index in [1.165, 1.54) is 41.5 Å². The Morgan fingerprint density at radius 2 is 0.548 bits per heavy atom. The molecule has 0 aliphatic heterocycles. The standard InChI is InChI=1S/C34H44O8/c1-21(2)19-33(9)27(39)15-11-23(35)31(5,6)25(37)13-17-29(41)34(10,20-22(3)4)30(42)18-14-26(38)32(7,8)24(36)12-16-28(33)40/h11-18,21-22H,19-20H2,1-10H3. The molecule has 0 unspecified atom stereocenters. The van der Waals surface area contributed by atoms with E-state index in [2.05, 4.69) is 0 Å². The molecule has 0 atom stereocenters. The first kappa shape index (κ1) is 36.3. The number of carbonyl (C=O) groups excluding carboxylic acids is 8. The van der Waals surface area contributed by atoms with Gasteiger partial charge in [0.25, 0.3) is 0 Å². The van der Waals surface area contributed by atoms with Crippen molar-refractivity contribution in [2.75, 3.05) is 0 Å². The second-order valence-electron chi connectivity index (χ2n) is 13.4. The van der Waals surface area contributed by atoms with E-state index in [0.29, 0.717) is 0 Å². The van der Waals surface area contributed by atoms with Crippen molar-refractivity contribution in [1.29, 1.82) is 0 Å². The van der Waals surface area contributed by atoms with Crippen LogP contribution in [0.5, 0.6) is 0 Å². The first-order valence-electron chi connectivity index (χ1n) is 14.1. The fraction of sp³-hybridized carbons (Fsp3) is 0.529. The van der Waals surface area contributed by atoms with E-state index in [1.54, 1.807) is 0 Å². The van der Waals surface area contributed by atoms with Crippen molar-refractivity contribution < 1.29 is 38.4 Å². The lowest BCUT2D eigenvalue weighted by molar-refractivity contribution is -0.137. The Balaban J connectivity index is 3.82. The van der Waals surface area contributed by atoms with Crippen LogP contribution in [0.3, 0.4) is 0 Å². The molecule has 0 aromatic heterocycles. The Labute approximate surface area is 248 Å². The molecule has 0 aromatic carbocycles. The summed E-state index contributed by atoms with van der Waals surface area (Å²) in [4.78, 5) is 105. The quantitative estimate of drug-likeness (QED) is 0.427. The summed E-state index contributed by atoms with van der Waals surface area (Å²) in [5.74, 6) is -5.83. The average Bonchev–Trinajstić information content (AvgIpc) is 2.88. The summed E-state index contributed by atoms with van der Waals surface area (Å²) in [5.41, 5.74) is -6.56. The highest BCUT2D eigenvalue weighted by Gasteiger charge is 2.42. The number of rotatable bonds is 4. The van der Waals surface area contributed by atoms with Gasteiger partial charge in [0, 0.05) is 0 Å². The van der Waals surface area contributed by atoms with E-state index in [1.807, 2.05) is 27.7 Å². The van der Waals surface area contributed by atoms with Gasteiger partial charge in [0.05, 0.1) is 21.7 Å². The predicted octanol–water partition coefficient (Wildman–Crippen LogP) is 4.93. The van der Waals surface area contributed by atoms with Crippen LogP contribution in [0.25, 0.3) is 0 Å². The van der Waals surface area contributed by atoms with Crippen molar-refractivity contribution in [1.82, 2.24) is 0 Å². The smallest absolute Gasteiger partial charge is 0.169 e. The highest BCUT2D eigenvalue weighted by Crippen LogP contribution is 2.32. The molecule has 1 aliphatic rings. The molecule has 0 saturated carbocycles. The monoisotopic (exact) mass is 580 g/mol. The minimum absolute atomic E-state index is 0.107. The highest BCUT2D eigenvalue weighted by atomic mass is 16.2. The normalized spacial score (nSPS) is 26.6. The average molecular weight is 581 g/mol. The number of ketones is 8. The zero-order chi connectivity index (χ0) is 32.8. The number of hydrogen-bond acceptors (Lipinski definition) is 8. The van der Waals surface area contributed by atoms with Crippen molar-refractivity contribution in [3.8, 4) is 0 Å². The molecular weight excluding hydrogens is 536 g/mol. The molecular formula is C34H44O8. The highest BCUT2D eigenvalue weighted by molar-refractivity contribution is 6.23. The van der Waals surface area contributed by atoms with Crippen LogP contribution in [-0.4, -0.2) is 46.3 Å². The zero-order valence-electron chi connectivity index (χ0n) is 26.5. The fourth-order valence-corrected chi connectivity index (χ4v) is 4.70. The van der Waals surface area contributed by atoms with Gasteiger partial charge >= 0.3 is 0 Å². The van der Waals surface area contributed by atoms with Gasteiger partial charge in [0.15, 0.2) is 46.3 Å². The molecule has 8 heteroatoms. The van der Waals surface area contributed by atoms with Crippen molar-refractivity contribution in [3.63, 3.8) is 0 Å². The van der Waals surface area contributed by atoms with Gasteiger partial charge in [-0.25, -0.2) is 0 Å². The second-order valence-corrected chi connectivity index (χ2v) is 13.4. The lowest BCUT2D eigenvalue weighted by atomic mass is 9.73. The molecule has 0 aromatic rings. The van der Waals surface area contributed by atoms with E-state index in [0.717, 1.165) is 48.6 Å². The molecule has 0 bridgehead atoms. The van der Waals surface area contributed by atoms with Crippen LogP contribution in [0.2, 0.25) is 0 Å². The van der Waals surface area contributed by atoms with Gasteiger partial charge in [-0.15, -0.1) is 0 Å². The van der Waals surface area contributed by atoms with Crippen LogP contribution in [0, 0.1) is 33.5 Å². The summed E-state index contributed by atoms with van der Waals surface area (Å²) in [6, 6.07) is 0. The summed E-state index contributed by atoms with van der Waals surface area (Å²) in [5, 5.41) is 0. The largest absolute Gasteiger partial charge is 0.294 e. The maximum atomic E-state index is 13.3. The summed E-state index contributed by atoms with van der Waals surface area (Å²) in [6.07, 6.45) is 7.79. The molecule has 8 nitrogen and oxygen atoms in total. The number of hydrogen-bond donors (Lipinski definition) is 0. The second kappa shape index (κ2) is 13.5. The Morgan fingerprint density at radius 1 is 0.381 bits per heavy atom. The van der Waals surface area contributed by atoms with Gasteiger partial charge in [0.1, 0.15) is 0 Å². The van der Waals surface area contributed by atoms with E-state index >= 15 is 0 Å². The molecule has 0 amide bonds. The van der Waals surface area contributed by atoms with Crippen LogP contribution in [0.4, 0.5) is 0 Å². The Hall–Kier alpha value is -3.68. The molecule has 0 N–H and O–H groups in total. The first-order valence-corrected chi connectivity index (χ1v) is 14.1. The lowest BCUT2D eigenvalue weighted by Crippen LogP contribution is -2.38. The number of carbonyl (C=O) groups is 8. The van der Waals surface area contributed by atoms with Crippen LogP contribution in [0.15, 0.2) is 48.6 Å². The van der Waals surface area contributed by atoms with Gasteiger partial charge in [-0.3, -0.25) is 38.4 Å². The Bertz CT molecular complexity index is 1110. The van der Waals surface area contributed by atoms with E-state index < -0.39 is 67.9 Å². The molecule has 0 radical (unpaired) electrons. The molecule has 0 saturated heterocycles. The van der Waals surface area contributed by atoms with Crippen molar-refractivity contribution in [3.05, 3.63) is 48.6 Å². The Kier molecular flexibility index (Phi) is 11.7. The number of allylic oxidation sites excluding steroid dienone is 8. The van der Waals surface area contributed by atoms with Crippen LogP contribution < -0.4 is 0 Å². The summed E-state index contributed by atoms with van der Waals surface area (Å²) in [7, 11) is 0. The SMILES string of the molecule is CC(C)CC1(C)C(=O)C=CC(=O)C(C)(C)C(=O)C=CC(=O)C(C)(CC(C)C)C(=O)C=CC(=O)C(C)(C)C(=O)C=CC1=O. The van der Waals surface area contributed by atoms with Gasteiger partial charge in [-0.05, 0) is 115 Å². The molecule has 1 rings (SSSR count). The summed E-state index contributed by atoms with van der Waals surface area (Å²) >= 11 is 0. The van der Waals surface area contributed by atoms with E-state index in [4.69, 9.17) is 0 Å². The van der Waals surface area contributed by atoms with Gasteiger partial charge in [-0.1, -0.05) is 27.7 Å². The zero-order valence-corrected chi connectivity index (χ0v) is 26.5. The Morgan fingerprint density at radius 3 is 0.714 bits per heavy atom. The van der Waals surface area contributed by atoms with Gasteiger partial charge in [-0.2, -0.15) is 0 Å². The van der Waals surface area contributed by atoms with Gasteiger partial charge < -0.3 is 0 Å². The molecule has 1 aliphatic carbocycles. The van der Waals surface area contributed by atoms with E-state index in [9.17, 15) is 38.4 Å². The van der Waals surface area contributed by atoms with Crippen LogP contribution >= 0.6 is 0 Å². The fourth-order valence-electron chi connectivity index (χ4n) is 4.70. The molecule has 0 heterocycles. The van der Waals surface area contributed by atoms with Crippen molar-refractivity contribution in [2.45, 2.75) is 82.1 Å². The van der Waals surface area contributed by atoms with Gasteiger partial charge in [0.2, 0.25) is 0 Å². The third-order valence-corrected chi connectivity index (χ3v) is 7.82. The predicted molar refractivity (Wildman–Crippen MR) is 159 cm³/mol. The first-order chi connectivity index (χ1) is 19.0. The summed E-state index contributed by atoms with van der Waals surface area (Å²) in [6.45, 7) is 15.4. The van der Waals surface area contributed by atoms with E-state index in [-0.39, 0.29) is 24.7 Å². The third-order valence-electron chi connectivity index (χ3n) is 7.82. The molecule has 228 valence electrons. The maximum absolute atomic E-state index is 13.3. The van der Waals surface area contributed by atoms with Crippen molar-refractivity contribution >= 4 is 46.3 Å². The third kappa shape index (κ3) is 8.20. The topological polar surface area (TPSA) is 137 Å². The van der Waals surface area contributed by atoms with Crippen molar-refractivity contribution in [2.24, 2.45) is 33.5 Å². The minimum atomic E-state index is -1.66. The molecule has 0 fully saturated rings. The van der Waals surface area contributed by atoms with Crippen LogP contribution in [0.1, 0.15) is 82.1 Å².